The maximum absolute atomic E-state index is 12.1. The molecular weight excluding hydrogens is 529 g/mol. The summed E-state index contributed by atoms with van der Waals surface area (Å²) >= 11 is 0. The van der Waals surface area contributed by atoms with Gasteiger partial charge in [0.05, 0.1) is 5.75 Å². The lowest BCUT2D eigenvalue weighted by molar-refractivity contribution is 0.152. The van der Waals surface area contributed by atoms with Crippen LogP contribution in [-0.4, -0.2) is 89.4 Å². The second kappa shape index (κ2) is 13.4. The third kappa shape index (κ3) is 9.11. The zero-order valence-corrected chi connectivity index (χ0v) is 21.5. The lowest BCUT2D eigenvalue weighted by atomic mass is 9.86. The molecule has 1 saturated carbocycles. The normalized spacial score (nSPS) is 18.2. The van der Waals surface area contributed by atoms with E-state index in [-0.39, 0.29) is 29.7 Å². The number of aliphatic imine (C=N–C) groups is 1. The molecular formula is C21H36IN5O3S. The maximum Gasteiger partial charge on any atom is 0.213 e. The van der Waals surface area contributed by atoms with Crippen LogP contribution in [0.5, 0.6) is 5.75 Å². The molecule has 2 aliphatic rings. The van der Waals surface area contributed by atoms with E-state index in [2.05, 4.69) is 24.8 Å². The van der Waals surface area contributed by atoms with Crippen LogP contribution >= 0.6 is 24.0 Å². The molecule has 1 aromatic carbocycles. The molecule has 3 rings (SSSR count). The summed E-state index contributed by atoms with van der Waals surface area (Å²) in [6, 6.07) is 9.87. The highest BCUT2D eigenvalue weighted by molar-refractivity contribution is 14.0. The summed E-state index contributed by atoms with van der Waals surface area (Å²) in [7, 11) is -1.50. The number of rotatable bonds is 10. The average molecular weight is 566 g/mol. The van der Waals surface area contributed by atoms with Crippen LogP contribution in [0.25, 0.3) is 0 Å². The summed E-state index contributed by atoms with van der Waals surface area (Å²) in [4.78, 5) is 8.89. The van der Waals surface area contributed by atoms with Crippen LogP contribution in [0, 0.1) is 5.92 Å². The summed E-state index contributed by atoms with van der Waals surface area (Å²) in [6.45, 7) is 6.07. The number of nitrogens with zero attached hydrogens (tertiary/aromatic N) is 3. The highest BCUT2D eigenvalue weighted by atomic mass is 127. The number of benzene rings is 1. The summed E-state index contributed by atoms with van der Waals surface area (Å²) in [5.41, 5.74) is 0. The second-order valence-corrected chi connectivity index (χ2v) is 9.85. The smallest absolute Gasteiger partial charge is 0.213 e. The third-order valence-corrected chi connectivity index (χ3v) is 7.12. The predicted molar refractivity (Wildman–Crippen MR) is 136 cm³/mol. The van der Waals surface area contributed by atoms with Crippen molar-refractivity contribution >= 4 is 40.0 Å². The standard InChI is InChI=1S/C21H35N5O3S.HI/c1-22-21(23-10-17-30(27,28)24-18-19-6-5-7-19)26-13-11-25(12-14-26)15-16-29-20-8-3-2-4-9-20;/h2-4,8-9,19,24H,5-7,10-18H2,1H3,(H,22,23);1H. The van der Waals surface area contributed by atoms with Crippen molar-refractivity contribution in [1.29, 1.82) is 0 Å². The average Bonchev–Trinajstić information content (AvgIpc) is 2.71. The lowest BCUT2D eigenvalue weighted by Crippen LogP contribution is -2.53. The molecule has 0 spiro atoms. The van der Waals surface area contributed by atoms with Gasteiger partial charge in [-0.2, -0.15) is 0 Å². The number of sulfonamides is 1. The van der Waals surface area contributed by atoms with Crippen molar-refractivity contribution in [3.05, 3.63) is 30.3 Å². The number of hydrogen-bond donors (Lipinski definition) is 2. The van der Waals surface area contributed by atoms with Crippen LogP contribution in [0.1, 0.15) is 19.3 Å². The van der Waals surface area contributed by atoms with Gasteiger partial charge in [0.25, 0.3) is 0 Å². The Morgan fingerprint density at radius 1 is 1.16 bits per heavy atom. The van der Waals surface area contributed by atoms with E-state index in [1.807, 2.05) is 30.3 Å². The molecule has 2 fully saturated rings. The second-order valence-electron chi connectivity index (χ2n) is 7.93. The molecule has 1 aliphatic carbocycles. The van der Waals surface area contributed by atoms with Crippen molar-refractivity contribution in [1.82, 2.24) is 19.8 Å². The Morgan fingerprint density at radius 2 is 1.87 bits per heavy atom. The van der Waals surface area contributed by atoms with Gasteiger partial charge in [-0.25, -0.2) is 13.1 Å². The fourth-order valence-corrected chi connectivity index (χ4v) is 4.64. The SMILES string of the molecule is CN=C(NCCS(=O)(=O)NCC1CCC1)N1CCN(CCOc2ccccc2)CC1.I. The zero-order valence-electron chi connectivity index (χ0n) is 18.3. The molecule has 31 heavy (non-hydrogen) atoms. The van der Waals surface area contributed by atoms with E-state index in [4.69, 9.17) is 4.74 Å². The number of hydrogen-bond acceptors (Lipinski definition) is 5. The van der Waals surface area contributed by atoms with Gasteiger partial charge in [-0.05, 0) is 30.9 Å². The third-order valence-electron chi connectivity index (χ3n) is 5.77. The number of para-hydroxylation sites is 1. The topological polar surface area (TPSA) is 86.3 Å². The molecule has 0 bridgehead atoms. The first-order valence-corrected chi connectivity index (χ1v) is 12.5. The summed E-state index contributed by atoms with van der Waals surface area (Å²) in [6.07, 6.45) is 3.49. The fourth-order valence-electron chi connectivity index (χ4n) is 3.64. The first kappa shape index (κ1) is 26.1. The zero-order chi connectivity index (χ0) is 21.2. The molecule has 0 aromatic heterocycles. The number of guanidine groups is 1. The summed E-state index contributed by atoms with van der Waals surface area (Å²) < 4.78 is 32.8. The van der Waals surface area contributed by atoms with Crippen molar-refractivity contribution in [2.75, 3.05) is 65.2 Å². The van der Waals surface area contributed by atoms with E-state index < -0.39 is 10.0 Å². The number of ether oxygens (including phenoxy) is 1. The van der Waals surface area contributed by atoms with Crippen LogP contribution < -0.4 is 14.8 Å². The van der Waals surface area contributed by atoms with Crippen molar-refractivity contribution in [2.45, 2.75) is 19.3 Å². The molecule has 8 nitrogen and oxygen atoms in total. The van der Waals surface area contributed by atoms with Crippen molar-refractivity contribution in [3.8, 4) is 5.75 Å². The first-order valence-electron chi connectivity index (χ1n) is 10.9. The van der Waals surface area contributed by atoms with Gasteiger partial charge in [0.2, 0.25) is 10.0 Å². The molecule has 2 N–H and O–H groups in total. The number of halogens is 1. The van der Waals surface area contributed by atoms with Gasteiger partial charge in [0.1, 0.15) is 12.4 Å². The van der Waals surface area contributed by atoms with E-state index in [0.717, 1.165) is 57.3 Å². The van der Waals surface area contributed by atoms with E-state index in [9.17, 15) is 8.42 Å². The molecule has 0 atom stereocenters. The molecule has 0 radical (unpaired) electrons. The van der Waals surface area contributed by atoms with Gasteiger partial charge in [-0.1, -0.05) is 24.6 Å². The molecule has 1 aliphatic heterocycles. The Bertz CT molecular complexity index is 766. The van der Waals surface area contributed by atoms with Crippen LogP contribution in [-0.2, 0) is 10.0 Å². The highest BCUT2D eigenvalue weighted by Crippen LogP contribution is 2.25. The molecule has 0 amide bonds. The monoisotopic (exact) mass is 565 g/mol. The van der Waals surface area contributed by atoms with E-state index >= 15 is 0 Å². The summed E-state index contributed by atoms with van der Waals surface area (Å²) in [5.74, 6) is 2.26. The van der Waals surface area contributed by atoms with Crippen LogP contribution in [0.2, 0.25) is 0 Å². The first-order chi connectivity index (χ1) is 14.6. The Kier molecular flexibility index (Phi) is 11.3. The molecule has 10 heteroatoms. The van der Waals surface area contributed by atoms with E-state index in [0.29, 0.717) is 25.6 Å². The molecule has 176 valence electrons. The molecule has 0 unspecified atom stereocenters. The Morgan fingerprint density at radius 3 is 2.48 bits per heavy atom. The molecule has 1 saturated heterocycles. The quantitative estimate of drug-likeness (QED) is 0.255. The Labute approximate surface area is 203 Å². The largest absolute Gasteiger partial charge is 0.492 e. The van der Waals surface area contributed by atoms with Gasteiger partial charge in [-0.15, -0.1) is 24.0 Å². The highest BCUT2D eigenvalue weighted by Gasteiger charge is 2.22. The molecule has 1 aromatic rings. The fraction of sp³-hybridized carbons (Fsp3) is 0.667. The van der Waals surface area contributed by atoms with Gasteiger partial charge >= 0.3 is 0 Å². The van der Waals surface area contributed by atoms with Crippen molar-refractivity contribution in [2.24, 2.45) is 10.9 Å². The minimum atomic E-state index is -3.24. The molecule has 1 heterocycles. The van der Waals surface area contributed by atoms with Crippen molar-refractivity contribution < 1.29 is 13.2 Å². The minimum Gasteiger partial charge on any atom is -0.492 e. The van der Waals surface area contributed by atoms with Crippen LogP contribution in [0.15, 0.2) is 35.3 Å². The van der Waals surface area contributed by atoms with Gasteiger partial charge in [0.15, 0.2) is 5.96 Å². The van der Waals surface area contributed by atoms with Gasteiger partial charge in [0, 0.05) is 52.9 Å². The Balaban J connectivity index is 0.00000341. The Hall–Kier alpha value is -1.11. The minimum absolute atomic E-state index is 0. The van der Waals surface area contributed by atoms with Gasteiger partial charge < -0.3 is 15.0 Å². The van der Waals surface area contributed by atoms with Crippen LogP contribution in [0.3, 0.4) is 0 Å². The van der Waals surface area contributed by atoms with E-state index in [1.165, 1.54) is 6.42 Å². The predicted octanol–water partition coefficient (Wildman–Crippen LogP) is 1.60. The van der Waals surface area contributed by atoms with Crippen LogP contribution in [0.4, 0.5) is 0 Å². The lowest BCUT2D eigenvalue weighted by Gasteiger charge is -2.36. The van der Waals surface area contributed by atoms with E-state index in [1.54, 1.807) is 7.05 Å². The number of piperazine rings is 1. The number of nitrogens with one attached hydrogen (secondary N) is 2. The van der Waals surface area contributed by atoms with Crippen molar-refractivity contribution in [3.63, 3.8) is 0 Å². The summed E-state index contributed by atoms with van der Waals surface area (Å²) in [5, 5.41) is 3.20. The maximum atomic E-state index is 12.1. The van der Waals surface area contributed by atoms with Gasteiger partial charge in [-0.3, -0.25) is 9.89 Å².